The van der Waals surface area contributed by atoms with Gasteiger partial charge < -0.3 is 0 Å². The molecule has 0 aliphatic carbocycles. The second-order valence-corrected chi connectivity index (χ2v) is 3.06. The van der Waals surface area contributed by atoms with E-state index in [1.165, 1.54) is 0 Å². The average molecular weight is 343 g/mol. The molecular weight excluding hydrogens is 329 g/mol. The minimum absolute atomic E-state index is 0. The number of hydrogen-bond acceptors (Lipinski definition) is 1. The second kappa shape index (κ2) is 16.5. The van der Waals surface area contributed by atoms with Crippen molar-refractivity contribution in [2.75, 3.05) is 0 Å². The molecule has 18 heavy (non-hydrogen) atoms. The van der Waals surface area contributed by atoms with E-state index < -0.39 is 0 Å². The summed E-state index contributed by atoms with van der Waals surface area (Å²) >= 11 is 0. The van der Waals surface area contributed by atoms with Crippen LogP contribution in [0.15, 0.2) is 60.7 Å². The molecule has 76 valence electrons. The predicted molar refractivity (Wildman–Crippen MR) is 84.9 cm³/mol. The van der Waals surface area contributed by atoms with Gasteiger partial charge in [0.05, 0.1) is 0 Å². The summed E-state index contributed by atoms with van der Waals surface area (Å²) in [4.78, 5) is 11.8. The first kappa shape index (κ1) is 27.5. The van der Waals surface area contributed by atoms with Gasteiger partial charge in [0.25, 0.3) is 0 Å². The number of carbonyl (C=O) groups excluding carboxylic acids is 1. The third-order valence-electron chi connectivity index (χ3n) is 2.07. The van der Waals surface area contributed by atoms with E-state index in [0.717, 1.165) is 11.1 Å². The van der Waals surface area contributed by atoms with E-state index in [2.05, 4.69) is 0 Å². The van der Waals surface area contributed by atoms with Gasteiger partial charge >= 0.3 is 206 Å². The van der Waals surface area contributed by atoms with Crippen LogP contribution in [0.25, 0.3) is 0 Å². The molecule has 2 aromatic rings. The summed E-state index contributed by atoms with van der Waals surface area (Å²) in [5.41, 5.74) is 1.47. The Kier molecular flexibility index (Phi) is 25.2. The molecule has 0 aromatic heterocycles. The van der Waals surface area contributed by atoms with Crippen molar-refractivity contribution in [1.82, 2.24) is 0 Å². The van der Waals surface area contributed by atoms with Crippen LogP contribution in [0.2, 0.25) is 0 Å². The molecule has 0 atom stereocenters. The van der Waals surface area contributed by atoms with Crippen LogP contribution >= 0.6 is 0 Å². The van der Waals surface area contributed by atoms with Crippen LogP contribution in [0, 0.1) is 0 Å². The predicted octanol–water partition coefficient (Wildman–Crippen LogP) is 0.324. The van der Waals surface area contributed by atoms with E-state index >= 15 is 0 Å². The molecule has 0 N–H and O–H groups in total. The van der Waals surface area contributed by atoms with Crippen LogP contribution < -0.4 is 0 Å². The molecular formula is C13H14K4O. The van der Waals surface area contributed by atoms with Gasteiger partial charge in [-0.3, -0.25) is 4.79 Å². The van der Waals surface area contributed by atoms with E-state index in [0.29, 0.717) is 0 Å². The summed E-state index contributed by atoms with van der Waals surface area (Å²) < 4.78 is 0. The zero-order valence-corrected chi connectivity index (χ0v) is 7.68. The quantitative estimate of drug-likeness (QED) is 0.568. The van der Waals surface area contributed by atoms with Crippen LogP contribution in [0.1, 0.15) is 15.9 Å². The molecule has 0 spiro atoms. The summed E-state index contributed by atoms with van der Waals surface area (Å²) in [7, 11) is 0. The zero-order valence-electron chi connectivity index (χ0n) is 7.68. The molecule has 1 nitrogen and oxygen atoms in total. The number of hydrogen-bond donors (Lipinski definition) is 0. The van der Waals surface area contributed by atoms with Crippen molar-refractivity contribution in [1.29, 1.82) is 0 Å². The van der Waals surface area contributed by atoms with E-state index in [4.69, 9.17) is 0 Å². The van der Waals surface area contributed by atoms with Gasteiger partial charge in [0.15, 0.2) is 5.78 Å². The van der Waals surface area contributed by atoms with Crippen molar-refractivity contribution in [3.05, 3.63) is 71.8 Å². The monoisotopic (exact) mass is 342 g/mol. The van der Waals surface area contributed by atoms with Crippen molar-refractivity contribution in [3.8, 4) is 0 Å². The third-order valence-corrected chi connectivity index (χ3v) is 2.07. The van der Waals surface area contributed by atoms with Crippen molar-refractivity contribution in [2.24, 2.45) is 0 Å². The minimum atomic E-state index is 0. The second-order valence-electron chi connectivity index (χ2n) is 3.06. The molecule has 2 rings (SSSR count). The molecule has 0 unspecified atom stereocenters. The fourth-order valence-corrected chi connectivity index (χ4v) is 1.35. The molecule has 0 aliphatic heterocycles. The topological polar surface area (TPSA) is 17.1 Å². The molecule has 0 aliphatic rings. The van der Waals surface area contributed by atoms with Crippen LogP contribution in [0.4, 0.5) is 0 Å². The van der Waals surface area contributed by atoms with Gasteiger partial charge in [-0.15, -0.1) is 0 Å². The summed E-state index contributed by atoms with van der Waals surface area (Å²) in [6.45, 7) is 0. The van der Waals surface area contributed by atoms with Crippen molar-refractivity contribution >= 4 is 211 Å². The molecule has 5 heteroatoms. The number of benzene rings is 2. The molecule has 0 saturated carbocycles. The number of carbonyl (C=O) groups is 1. The summed E-state index contributed by atoms with van der Waals surface area (Å²) in [6.07, 6.45) is 0. The van der Waals surface area contributed by atoms with Gasteiger partial charge in [0.2, 0.25) is 0 Å². The maximum atomic E-state index is 11.8. The fourth-order valence-electron chi connectivity index (χ4n) is 1.35. The normalized spacial score (nSPS) is 7.56. The van der Waals surface area contributed by atoms with E-state index in [-0.39, 0.29) is 211 Å². The number of ketones is 1. The molecule has 0 heterocycles. The first-order valence-corrected chi connectivity index (χ1v) is 4.53. The third kappa shape index (κ3) is 9.72. The molecule has 0 bridgehead atoms. The van der Waals surface area contributed by atoms with Crippen molar-refractivity contribution < 1.29 is 4.79 Å². The van der Waals surface area contributed by atoms with Gasteiger partial charge in [-0.25, -0.2) is 0 Å². The standard InChI is InChI=1S/C13H10O.4K.4H/c14-13(11-7-3-1-4-8-11)12-9-5-2-6-10-12;;;;;;;;/h1-10H;;;;;;;;. The Hall–Kier alpha value is 4.66. The van der Waals surface area contributed by atoms with Gasteiger partial charge in [-0.2, -0.15) is 0 Å². The van der Waals surface area contributed by atoms with Gasteiger partial charge in [0, 0.05) is 11.1 Å². The number of rotatable bonds is 2. The maximum absolute atomic E-state index is 11.8. The average Bonchev–Trinajstić information content (AvgIpc) is 2.30. The Morgan fingerprint density at radius 2 is 0.833 bits per heavy atom. The molecule has 0 fully saturated rings. The van der Waals surface area contributed by atoms with Crippen molar-refractivity contribution in [2.45, 2.75) is 0 Å². The van der Waals surface area contributed by atoms with E-state index in [1.54, 1.807) is 0 Å². The van der Waals surface area contributed by atoms with Crippen LogP contribution in [0.3, 0.4) is 0 Å². The van der Waals surface area contributed by atoms with Gasteiger partial charge in [-0.05, 0) is 0 Å². The Balaban J connectivity index is -0.000000562. The Labute approximate surface area is 279 Å². The van der Waals surface area contributed by atoms with Crippen LogP contribution in [-0.4, -0.2) is 211 Å². The summed E-state index contributed by atoms with van der Waals surface area (Å²) in [5.74, 6) is 0.0752. The van der Waals surface area contributed by atoms with Crippen LogP contribution in [-0.2, 0) is 0 Å². The fraction of sp³-hybridized carbons (Fsp3) is 0. The molecule has 2 aromatic carbocycles. The molecule has 0 amide bonds. The Bertz CT molecular complexity index is 390. The van der Waals surface area contributed by atoms with Crippen LogP contribution in [0.5, 0.6) is 0 Å². The summed E-state index contributed by atoms with van der Waals surface area (Å²) in [5, 5.41) is 0. The first-order chi connectivity index (χ1) is 6.88. The summed E-state index contributed by atoms with van der Waals surface area (Å²) in [6, 6.07) is 18.6. The van der Waals surface area contributed by atoms with Crippen molar-refractivity contribution in [3.63, 3.8) is 0 Å². The van der Waals surface area contributed by atoms with E-state index in [9.17, 15) is 4.79 Å². The first-order valence-electron chi connectivity index (χ1n) is 4.53. The molecule has 0 radical (unpaired) electrons. The zero-order chi connectivity index (χ0) is 9.80. The Morgan fingerprint density at radius 1 is 0.556 bits per heavy atom. The van der Waals surface area contributed by atoms with E-state index in [1.807, 2.05) is 60.7 Å². The molecule has 0 saturated heterocycles. The SMILES string of the molecule is O=C(c1ccccc1)c1ccccc1.[KH].[KH].[KH].[KH]. The Morgan fingerprint density at radius 3 is 1.11 bits per heavy atom. The van der Waals surface area contributed by atoms with Gasteiger partial charge in [0.1, 0.15) is 0 Å². The van der Waals surface area contributed by atoms with Gasteiger partial charge in [-0.1, -0.05) is 60.7 Å².